The number of amides is 6. The van der Waals surface area contributed by atoms with Crippen molar-refractivity contribution >= 4 is 35.4 Å². The largest absolute Gasteiger partial charge is 0.363 e. The average molecular weight is 1020 g/mol. The Labute approximate surface area is 437 Å². The summed E-state index contributed by atoms with van der Waals surface area (Å²) in [5.74, 6) is 10.6. The van der Waals surface area contributed by atoms with Gasteiger partial charge in [-0.15, -0.1) is 0 Å². The molecule has 6 N–H and O–H groups in total. The number of carbonyl (C=O) groups is 6. The number of carbonyl (C=O) groups excluding carboxylic acids is 6. The van der Waals surface area contributed by atoms with Gasteiger partial charge in [-0.25, -0.2) is 0 Å². The van der Waals surface area contributed by atoms with Gasteiger partial charge >= 0.3 is 0 Å². The van der Waals surface area contributed by atoms with Gasteiger partial charge in [0.2, 0.25) is 35.4 Å². The highest BCUT2D eigenvalue weighted by Gasteiger charge is 2.45. The van der Waals surface area contributed by atoms with Crippen LogP contribution in [0.5, 0.6) is 0 Å². The first kappa shape index (κ1) is 54.5. The summed E-state index contributed by atoms with van der Waals surface area (Å²) < 4.78 is 12.7. The highest BCUT2D eigenvalue weighted by molar-refractivity contribution is 5.95. The topological polar surface area (TPSA) is 200 Å². The first-order valence-corrected chi connectivity index (χ1v) is 27.5. The van der Waals surface area contributed by atoms with Crippen LogP contribution in [0, 0.1) is 35.5 Å². The molecule has 4 fully saturated rings. The lowest BCUT2D eigenvalue weighted by Gasteiger charge is -2.35. The van der Waals surface area contributed by atoms with E-state index in [1.54, 1.807) is 37.7 Å². The summed E-state index contributed by atoms with van der Waals surface area (Å²) >= 11 is 0. The van der Waals surface area contributed by atoms with Gasteiger partial charge in [-0.05, 0) is 125 Å². The molecule has 6 unspecified atom stereocenters. The molecule has 0 bridgehead atoms. The van der Waals surface area contributed by atoms with Crippen LogP contribution >= 0.6 is 0 Å². The first-order valence-electron chi connectivity index (χ1n) is 27.5. The van der Waals surface area contributed by atoms with E-state index < -0.39 is 48.3 Å². The predicted octanol–water partition coefficient (Wildman–Crippen LogP) is 3.92. The molecule has 0 radical (unpaired) electrons. The van der Waals surface area contributed by atoms with Crippen molar-refractivity contribution in [3.05, 3.63) is 70.8 Å². The van der Waals surface area contributed by atoms with Crippen molar-refractivity contribution in [2.45, 2.75) is 177 Å². The van der Waals surface area contributed by atoms with E-state index in [0.717, 1.165) is 86.5 Å². The van der Waals surface area contributed by atoms with E-state index in [1.165, 1.54) is 0 Å². The number of benzene rings is 2. The molecule has 6 amide bonds. The molecule has 16 heteroatoms. The van der Waals surface area contributed by atoms with E-state index >= 15 is 0 Å². The lowest BCUT2D eigenvalue weighted by Crippen LogP contribution is -2.58. The SMILES string of the molecule is CNC(C)C(=O)N[C@H](C(=O)N1CCC[C@H]1C(=O)N[C@H]1c2ccccc2CC1OCC#CC#CCOC1Cc2ccccc2C1NC(=O)C1CCCN1C(=O)C(NC(=O)[C@H](C)NC)C1CCCCC1)C1CCCCC1. The Morgan fingerprint density at radius 3 is 1.34 bits per heavy atom. The Morgan fingerprint density at radius 2 is 0.946 bits per heavy atom. The normalized spacial score (nSPS) is 25.2. The van der Waals surface area contributed by atoms with Gasteiger partial charge in [0.1, 0.15) is 37.4 Å². The highest BCUT2D eigenvalue weighted by atomic mass is 16.5. The van der Waals surface area contributed by atoms with Gasteiger partial charge in [0.15, 0.2) is 0 Å². The van der Waals surface area contributed by atoms with Gasteiger partial charge in [0, 0.05) is 25.9 Å². The third-order valence-corrected chi connectivity index (χ3v) is 16.6. The number of ether oxygens (including phenoxy) is 2. The Morgan fingerprint density at radius 1 is 0.554 bits per heavy atom. The second-order valence-corrected chi connectivity index (χ2v) is 21.2. The molecule has 2 heterocycles. The second kappa shape index (κ2) is 26.1. The molecule has 2 aliphatic heterocycles. The van der Waals surface area contributed by atoms with Crippen LogP contribution in [0.4, 0.5) is 0 Å². The molecule has 4 aliphatic carbocycles. The number of nitrogens with one attached hydrogen (secondary N) is 6. The molecule has 0 aromatic heterocycles. The molecule has 10 atom stereocenters. The third-order valence-electron chi connectivity index (χ3n) is 16.6. The zero-order valence-electron chi connectivity index (χ0n) is 43.8. The van der Waals surface area contributed by atoms with E-state index in [1.807, 2.05) is 48.5 Å². The van der Waals surface area contributed by atoms with Gasteiger partial charge in [-0.2, -0.15) is 0 Å². The van der Waals surface area contributed by atoms with E-state index in [4.69, 9.17) is 9.47 Å². The molecule has 398 valence electrons. The molecule has 2 saturated heterocycles. The van der Waals surface area contributed by atoms with Gasteiger partial charge in [-0.1, -0.05) is 98.9 Å². The summed E-state index contributed by atoms with van der Waals surface area (Å²) in [7, 11) is 3.44. The van der Waals surface area contributed by atoms with Crippen LogP contribution in [0.2, 0.25) is 0 Å². The van der Waals surface area contributed by atoms with Crippen LogP contribution in [0.3, 0.4) is 0 Å². The molecule has 2 aromatic carbocycles. The first-order chi connectivity index (χ1) is 36.0. The fourth-order valence-electron chi connectivity index (χ4n) is 12.2. The van der Waals surface area contributed by atoms with Gasteiger partial charge in [-0.3, -0.25) is 28.8 Å². The highest BCUT2D eigenvalue weighted by Crippen LogP contribution is 2.37. The number of hydrogen-bond acceptors (Lipinski definition) is 10. The van der Waals surface area contributed by atoms with Crippen LogP contribution < -0.4 is 31.9 Å². The molecule has 16 nitrogen and oxygen atoms in total. The summed E-state index contributed by atoms with van der Waals surface area (Å²) in [4.78, 5) is 86.6. The number of hydrogen-bond donors (Lipinski definition) is 6. The molecular weight excluding hydrogens is 937 g/mol. The van der Waals surface area contributed by atoms with Crippen LogP contribution in [-0.4, -0.2) is 134 Å². The predicted molar refractivity (Wildman–Crippen MR) is 281 cm³/mol. The minimum Gasteiger partial charge on any atom is -0.363 e. The third kappa shape index (κ3) is 13.0. The van der Waals surface area contributed by atoms with E-state index in [2.05, 4.69) is 55.6 Å². The maximum atomic E-state index is 14.3. The summed E-state index contributed by atoms with van der Waals surface area (Å²) in [5, 5.41) is 18.6. The van der Waals surface area contributed by atoms with E-state index in [0.29, 0.717) is 51.6 Å². The molecule has 2 saturated carbocycles. The van der Waals surface area contributed by atoms with Crippen molar-refractivity contribution in [3.63, 3.8) is 0 Å². The molecular formula is C58H78N8O8. The molecule has 0 spiro atoms. The minimum atomic E-state index is -0.679. The lowest BCUT2D eigenvalue weighted by atomic mass is 9.83. The Bertz CT molecular complexity index is 2280. The van der Waals surface area contributed by atoms with Gasteiger partial charge < -0.3 is 51.2 Å². The smallest absolute Gasteiger partial charge is 0.246 e. The molecule has 6 aliphatic rings. The quantitative estimate of drug-likeness (QED) is 0.119. The van der Waals surface area contributed by atoms with E-state index in [-0.39, 0.29) is 72.7 Å². The Hall–Kier alpha value is -5.78. The standard InChI is InChI=1S/C58H78N8O8/c1-37(59-3)53(67)61-49(39-21-9-7-10-22-39)57(71)65-31-19-29-45(65)55(69)63-51-43-27-15-13-25-41(43)35-47(51)73-33-17-5-6-18-34-74-48-36-42-26-14-16-28-44(42)52(48)64-56(70)46-30-20-32-66(46)58(72)50(40-23-11-8-12-24-40)62-54(68)38(2)60-4/h13-16,25-28,37-40,45-52,59-60H,7-12,19-24,29-36H2,1-4H3,(H,61,67)(H,62,68)(H,63,69)(H,64,70)/t37-,38?,45?,46-,47?,48?,49?,50-,51?,52-/m0/s1. The number of rotatable bonds is 18. The van der Waals surface area contributed by atoms with Crippen molar-refractivity contribution in [1.82, 2.24) is 41.7 Å². The van der Waals surface area contributed by atoms with Crippen molar-refractivity contribution < 1.29 is 38.2 Å². The summed E-state index contributed by atoms with van der Waals surface area (Å²) in [5.41, 5.74) is 4.10. The summed E-state index contributed by atoms with van der Waals surface area (Å²) in [6, 6.07) is 11.5. The van der Waals surface area contributed by atoms with Crippen molar-refractivity contribution in [1.29, 1.82) is 0 Å². The number of nitrogens with zero attached hydrogens (tertiary/aromatic N) is 2. The number of likely N-dealkylation sites (tertiary alicyclic amines) is 2. The second-order valence-electron chi connectivity index (χ2n) is 21.2. The van der Waals surface area contributed by atoms with Crippen molar-refractivity contribution in [3.8, 4) is 23.7 Å². The summed E-state index contributed by atoms with van der Waals surface area (Å²) in [6.45, 7) is 4.62. The fraction of sp³-hybridized carbons (Fsp3) is 0.621. The number of fused-ring (bicyclic) bond motifs is 2. The Balaban J connectivity index is 0.858. The summed E-state index contributed by atoms with van der Waals surface area (Å²) in [6.07, 6.45) is 12.6. The Kier molecular flexibility index (Phi) is 19.2. The monoisotopic (exact) mass is 1010 g/mol. The molecule has 74 heavy (non-hydrogen) atoms. The maximum Gasteiger partial charge on any atom is 0.246 e. The molecule has 8 rings (SSSR count). The van der Waals surface area contributed by atoms with Crippen LogP contribution in [0.15, 0.2) is 48.5 Å². The minimum absolute atomic E-state index is 0.0261. The van der Waals surface area contributed by atoms with Crippen LogP contribution in [0.25, 0.3) is 0 Å². The zero-order valence-corrected chi connectivity index (χ0v) is 43.8. The maximum absolute atomic E-state index is 14.3. The number of likely N-dealkylation sites (N-methyl/N-ethyl adjacent to an activating group) is 2. The van der Waals surface area contributed by atoms with Crippen LogP contribution in [-0.2, 0) is 51.1 Å². The lowest BCUT2D eigenvalue weighted by molar-refractivity contribution is -0.143. The fourth-order valence-corrected chi connectivity index (χ4v) is 12.2. The van der Waals surface area contributed by atoms with Crippen LogP contribution in [0.1, 0.15) is 138 Å². The van der Waals surface area contributed by atoms with Gasteiger partial charge in [0.25, 0.3) is 0 Å². The van der Waals surface area contributed by atoms with Gasteiger partial charge in [0.05, 0.1) is 36.4 Å². The molecule has 2 aromatic rings. The van der Waals surface area contributed by atoms with Crippen molar-refractivity contribution in [2.75, 3.05) is 40.4 Å². The van der Waals surface area contributed by atoms with Crippen molar-refractivity contribution in [2.24, 2.45) is 11.8 Å². The zero-order chi connectivity index (χ0) is 52.1. The average Bonchev–Trinajstić information content (AvgIpc) is 4.26. The van der Waals surface area contributed by atoms with E-state index in [9.17, 15) is 28.8 Å².